The number of likely N-dealkylation sites (tertiary alicyclic amines) is 1. The van der Waals surface area contributed by atoms with Gasteiger partial charge in [-0.05, 0) is 32.6 Å². The molecule has 8 heteroatoms. The second-order valence-electron chi connectivity index (χ2n) is 5.44. The second kappa shape index (κ2) is 8.67. The van der Waals surface area contributed by atoms with Gasteiger partial charge in [0.25, 0.3) is 0 Å². The normalized spacial score (nSPS) is 21.3. The van der Waals surface area contributed by atoms with Gasteiger partial charge in [-0.2, -0.15) is 0 Å². The average Bonchev–Trinajstić information content (AvgIpc) is 2.45. The highest BCUT2D eigenvalue weighted by Gasteiger charge is 2.26. The largest absolute Gasteiger partial charge is 0.381 e. The number of hydrogen-bond acceptors (Lipinski definition) is 5. The maximum absolute atomic E-state index is 12.1. The van der Waals surface area contributed by atoms with Crippen LogP contribution in [0, 0.1) is 5.92 Å². The Morgan fingerprint density at radius 1 is 1.52 bits per heavy atom. The van der Waals surface area contributed by atoms with Crippen LogP contribution in [0.5, 0.6) is 0 Å². The molecule has 1 amide bonds. The molecule has 1 aliphatic rings. The molecular formula is C13H27N3O4S. The van der Waals surface area contributed by atoms with E-state index in [-0.39, 0.29) is 36.8 Å². The summed E-state index contributed by atoms with van der Waals surface area (Å²) < 4.78 is 30.7. The first-order valence-electron chi connectivity index (χ1n) is 7.44. The lowest BCUT2D eigenvalue weighted by atomic mass is 9.92. The van der Waals surface area contributed by atoms with Gasteiger partial charge in [-0.1, -0.05) is 0 Å². The number of nitrogens with one attached hydrogen (secondary N) is 1. The van der Waals surface area contributed by atoms with E-state index in [0.29, 0.717) is 19.7 Å². The smallest absolute Gasteiger partial charge is 0.237 e. The van der Waals surface area contributed by atoms with Crippen molar-refractivity contribution < 1.29 is 17.9 Å². The van der Waals surface area contributed by atoms with Gasteiger partial charge in [0.15, 0.2) is 0 Å². The van der Waals surface area contributed by atoms with E-state index in [1.807, 2.05) is 6.92 Å². The molecule has 1 heterocycles. The molecule has 124 valence electrons. The van der Waals surface area contributed by atoms with Crippen LogP contribution in [0.1, 0.15) is 26.7 Å². The standard InChI is InChI=1S/C13H27N3O4S/c1-3-20-7-8-21(18,19)15-9-13(17)16-6-4-5-12(10-16)11(2)14/h11-12,15H,3-10,14H2,1-2H3. The molecule has 3 N–H and O–H groups in total. The van der Waals surface area contributed by atoms with Crippen LogP contribution in [0.15, 0.2) is 0 Å². The molecule has 0 aromatic carbocycles. The van der Waals surface area contributed by atoms with Gasteiger partial charge in [-0.3, -0.25) is 4.79 Å². The second-order valence-corrected chi connectivity index (χ2v) is 7.36. The van der Waals surface area contributed by atoms with Gasteiger partial charge in [0.05, 0.1) is 18.9 Å². The molecule has 0 aliphatic carbocycles. The molecule has 0 bridgehead atoms. The Morgan fingerprint density at radius 3 is 2.86 bits per heavy atom. The lowest BCUT2D eigenvalue weighted by Crippen LogP contribution is -2.48. The number of amides is 1. The third-order valence-electron chi connectivity index (χ3n) is 3.70. The summed E-state index contributed by atoms with van der Waals surface area (Å²) in [5, 5.41) is 0. The monoisotopic (exact) mass is 321 g/mol. The summed E-state index contributed by atoms with van der Waals surface area (Å²) in [7, 11) is -3.46. The van der Waals surface area contributed by atoms with Crippen LogP contribution in [0.4, 0.5) is 0 Å². The molecule has 0 radical (unpaired) electrons. The van der Waals surface area contributed by atoms with Crippen LogP contribution in [-0.2, 0) is 19.6 Å². The Balaban J connectivity index is 2.39. The molecule has 0 aromatic heterocycles. The van der Waals surface area contributed by atoms with Crippen LogP contribution < -0.4 is 10.5 Å². The fraction of sp³-hybridized carbons (Fsp3) is 0.923. The number of piperidine rings is 1. The number of rotatable bonds is 8. The Labute approximate surface area is 127 Å². The van der Waals surface area contributed by atoms with Crippen molar-refractivity contribution in [3.63, 3.8) is 0 Å². The maximum Gasteiger partial charge on any atom is 0.237 e. The third-order valence-corrected chi connectivity index (χ3v) is 4.99. The minimum absolute atomic E-state index is 0.0449. The summed E-state index contributed by atoms with van der Waals surface area (Å²) in [6, 6.07) is 0.0449. The number of nitrogens with zero attached hydrogens (tertiary/aromatic N) is 1. The number of carbonyl (C=O) groups is 1. The minimum Gasteiger partial charge on any atom is -0.381 e. The fourth-order valence-electron chi connectivity index (χ4n) is 2.33. The molecule has 21 heavy (non-hydrogen) atoms. The summed E-state index contributed by atoms with van der Waals surface area (Å²) in [4.78, 5) is 13.8. The molecule has 2 atom stereocenters. The van der Waals surface area contributed by atoms with Crippen LogP contribution in [0.2, 0.25) is 0 Å². The number of ether oxygens (including phenoxy) is 1. The number of sulfonamides is 1. The van der Waals surface area contributed by atoms with Gasteiger partial charge in [0.1, 0.15) is 0 Å². The first-order chi connectivity index (χ1) is 9.85. The SMILES string of the molecule is CCOCCS(=O)(=O)NCC(=O)N1CCCC(C(C)N)C1. The number of hydrogen-bond donors (Lipinski definition) is 2. The quantitative estimate of drug-likeness (QED) is 0.588. The third kappa shape index (κ3) is 6.73. The lowest BCUT2D eigenvalue weighted by Gasteiger charge is -2.34. The molecule has 0 spiro atoms. The van der Waals surface area contributed by atoms with E-state index in [2.05, 4.69) is 4.72 Å². The highest BCUT2D eigenvalue weighted by Crippen LogP contribution is 2.18. The first kappa shape index (κ1) is 18.3. The molecule has 1 saturated heterocycles. The molecule has 0 saturated carbocycles. The zero-order valence-electron chi connectivity index (χ0n) is 12.9. The van der Waals surface area contributed by atoms with Crippen LogP contribution in [0.25, 0.3) is 0 Å². The van der Waals surface area contributed by atoms with Crippen molar-refractivity contribution in [3.8, 4) is 0 Å². The summed E-state index contributed by atoms with van der Waals surface area (Å²) in [5.41, 5.74) is 5.88. The van der Waals surface area contributed by atoms with Crippen molar-refractivity contribution in [2.45, 2.75) is 32.7 Å². The van der Waals surface area contributed by atoms with Crippen LogP contribution >= 0.6 is 0 Å². The van der Waals surface area contributed by atoms with Crippen molar-refractivity contribution in [3.05, 3.63) is 0 Å². The van der Waals surface area contributed by atoms with Gasteiger partial charge in [0.2, 0.25) is 15.9 Å². The average molecular weight is 321 g/mol. The molecule has 1 fully saturated rings. The Bertz CT molecular complexity index is 425. The highest BCUT2D eigenvalue weighted by molar-refractivity contribution is 7.89. The Morgan fingerprint density at radius 2 is 2.24 bits per heavy atom. The van der Waals surface area contributed by atoms with Gasteiger partial charge in [-0.15, -0.1) is 0 Å². The number of carbonyl (C=O) groups excluding carboxylic acids is 1. The van der Waals surface area contributed by atoms with Gasteiger partial charge in [0, 0.05) is 25.7 Å². The fourth-order valence-corrected chi connectivity index (χ4v) is 3.16. The van der Waals surface area contributed by atoms with Crippen molar-refractivity contribution >= 4 is 15.9 Å². The van der Waals surface area contributed by atoms with Crippen LogP contribution in [-0.4, -0.2) is 63.9 Å². The molecular weight excluding hydrogens is 294 g/mol. The highest BCUT2D eigenvalue weighted by atomic mass is 32.2. The molecule has 1 rings (SSSR count). The summed E-state index contributed by atoms with van der Waals surface area (Å²) in [6.07, 6.45) is 1.93. The maximum atomic E-state index is 12.1. The van der Waals surface area contributed by atoms with Crippen LogP contribution in [0.3, 0.4) is 0 Å². The van der Waals surface area contributed by atoms with E-state index < -0.39 is 10.0 Å². The zero-order valence-corrected chi connectivity index (χ0v) is 13.7. The van der Waals surface area contributed by atoms with Crippen molar-refractivity contribution in [1.29, 1.82) is 0 Å². The zero-order chi connectivity index (χ0) is 15.9. The van der Waals surface area contributed by atoms with E-state index in [1.165, 1.54) is 0 Å². The minimum atomic E-state index is -3.46. The van der Waals surface area contributed by atoms with Crippen molar-refractivity contribution in [2.75, 3.05) is 38.6 Å². The molecule has 0 aromatic rings. The van der Waals surface area contributed by atoms with Gasteiger partial charge in [-0.25, -0.2) is 13.1 Å². The predicted octanol–water partition coefficient (Wildman–Crippen LogP) is -0.472. The lowest BCUT2D eigenvalue weighted by molar-refractivity contribution is -0.131. The number of nitrogens with two attached hydrogens (primary N) is 1. The first-order valence-corrected chi connectivity index (χ1v) is 9.09. The topological polar surface area (TPSA) is 102 Å². The van der Waals surface area contributed by atoms with E-state index in [0.717, 1.165) is 12.8 Å². The molecule has 7 nitrogen and oxygen atoms in total. The van der Waals surface area contributed by atoms with E-state index >= 15 is 0 Å². The summed E-state index contributed by atoms with van der Waals surface area (Å²) in [5.74, 6) is -0.0334. The van der Waals surface area contributed by atoms with E-state index in [9.17, 15) is 13.2 Å². The van der Waals surface area contributed by atoms with Crippen molar-refractivity contribution in [2.24, 2.45) is 11.7 Å². The molecule has 2 unspecified atom stereocenters. The van der Waals surface area contributed by atoms with Crippen molar-refractivity contribution in [1.82, 2.24) is 9.62 Å². The summed E-state index contributed by atoms with van der Waals surface area (Å²) >= 11 is 0. The van der Waals surface area contributed by atoms with E-state index in [1.54, 1.807) is 11.8 Å². The van der Waals surface area contributed by atoms with Gasteiger partial charge >= 0.3 is 0 Å². The summed E-state index contributed by atoms with van der Waals surface area (Å²) in [6.45, 7) is 5.43. The Hall–Kier alpha value is -0.700. The van der Waals surface area contributed by atoms with E-state index in [4.69, 9.17) is 10.5 Å². The molecule has 1 aliphatic heterocycles. The van der Waals surface area contributed by atoms with Gasteiger partial charge < -0.3 is 15.4 Å². The predicted molar refractivity (Wildman–Crippen MR) is 81.2 cm³/mol. The Kier molecular flexibility index (Phi) is 7.58.